The Morgan fingerprint density at radius 3 is 2.11 bits per heavy atom. The molecule has 1 aromatic heterocycles. The zero-order valence-corrected chi connectivity index (χ0v) is 21.7. The Labute approximate surface area is 196 Å². The summed E-state index contributed by atoms with van der Waals surface area (Å²) in [6.45, 7) is 4.80. The SMILES string of the molecule is CCCCCCCCCCCC[n+]1cccc([C@@H]2CCC[N+]2(C)C)c1.[Br-].[I-]. The Morgan fingerprint density at radius 2 is 1.56 bits per heavy atom. The lowest BCUT2D eigenvalue weighted by atomic mass is 10.1. The van der Waals surface area contributed by atoms with Gasteiger partial charge >= 0.3 is 0 Å². The molecule has 1 fully saturated rings. The van der Waals surface area contributed by atoms with Crippen LogP contribution in [0.5, 0.6) is 0 Å². The minimum atomic E-state index is 0. The maximum atomic E-state index is 2.43. The molecular formula is C23H42BrIN2. The van der Waals surface area contributed by atoms with Gasteiger partial charge in [-0.05, 0) is 12.5 Å². The molecule has 1 atom stereocenters. The van der Waals surface area contributed by atoms with Crippen LogP contribution in [0.15, 0.2) is 24.5 Å². The topological polar surface area (TPSA) is 3.88 Å². The van der Waals surface area contributed by atoms with E-state index < -0.39 is 0 Å². The fourth-order valence-electron chi connectivity index (χ4n) is 4.43. The first-order chi connectivity index (χ1) is 12.1. The maximum Gasteiger partial charge on any atom is 0.177 e. The van der Waals surface area contributed by atoms with Crippen molar-refractivity contribution in [3.8, 4) is 0 Å². The maximum absolute atomic E-state index is 2.43. The van der Waals surface area contributed by atoms with Crippen molar-refractivity contribution < 1.29 is 50.0 Å². The van der Waals surface area contributed by atoms with E-state index in [0.29, 0.717) is 6.04 Å². The van der Waals surface area contributed by atoms with Gasteiger partial charge in [0, 0.05) is 25.3 Å². The lowest BCUT2D eigenvalue weighted by Gasteiger charge is -2.31. The first kappa shape index (κ1) is 27.3. The molecule has 2 heterocycles. The standard InChI is InChI=1S/C23H42N2.BrH.HI/c1-4-5-6-7-8-9-10-11-12-13-18-24-19-14-16-22(21-24)23-17-15-20-25(23,2)3;;/h14,16,19,21,23H,4-13,15,17-18,20H2,1-3H3;2*1H/q+2;;/p-2/t23-;;/m0../s1. The van der Waals surface area contributed by atoms with E-state index in [9.17, 15) is 0 Å². The molecule has 1 saturated heterocycles. The van der Waals surface area contributed by atoms with E-state index in [2.05, 4.69) is 50.1 Å². The number of aromatic nitrogens is 1. The number of quaternary nitrogens is 1. The minimum absolute atomic E-state index is 0. The van der Waals surface area contributed by atoms with E-state index >= 15 is 0 Å². The molecule has 0 aromatic carbocycles. The molecule has 4 heteroatoms. The van der Waals surface area contributed by atoms with Gasteiger partial charge in [0.15, 0.2) is 12.4 Å². The summed E-state index contributed by atoms with van der Waals surface area (Å²) >= 11 is 0. The number of halogens is 2. The highest BCUT2D eigenvalue weighted by atomic mass is 127. The Kier molecular flexibility index (Phi) is 15.4. The zero-order chi connectivity index (χ0) is 18.0. The summed E-state index contributed by atoms with van der Waals surface area (Å²) in [7, 11) is 4.77. The molecule has 27 heavy (non-hydrogen) atoms. The minimum Gasteiger partial charge on any atom is -1.00 e. The van der Waals surface area contributed by atoms with Crippen LogP contribution in [-0.4, -0.2) is 25.1 Å². The lowest BCUT2D eigenvalue weighted by molar-refractivity contribution is -0.908. The number of hydrogen-bond donors (Lipinski definition) is 0. The summed E-state index contributed by atoms with van der Waals surface area (Å²) in [6, 6.07) is 5.29. The summed E-state index contributed by atoms with van der Waals surface area (Å²) in [5, 5.41) is 0. The van der Waals surface area contributed by atoms with Crippen LogP contribution in [0.3, 0.4) is 0 Å². The lowest BCUT2D eigenvalue weighted by Crippen LogP contribution is -3.00. The van der Waals surface area contributed by atoms with E-state index in [1.54, 1.807) is 0 Å². The number of aryl methyl sites for hydroxylation is 1. The Bertz CT molecular complexity index is 493. The summed E-state index contributed by atoms with van der Waals surface area (Å²) in [4.78, 5) is 0. The van der Waals surface area contributed by atoms with Crippen LogP contribution in [0.4, 0.5) is 0 Å². The number of pyridine rings is 1. The second-order valence-corrected chi connectivity index (χ2v) is 8.72. The second-order valence-electron chi connectivity index (χ2n) is 8.72. The van der Waals surface area contributed by atoms with E-state index in [1.807, 2.05) is 0 Å². The van der Waals surface area contributed by atoms with E-state index in [-0.39, 0.29) is 41.0 Å². The fourth-order valence-corrected chi connectivity index (χ4v) is 4.43. The first-order valence-electron chi connectivity index (χ1n) is 10.9. The number of rotatable bonds is 12. The van der Waals surface area contributed by atoms with Crippen molar-refractivity contribution in [2.24, 2.45) is 0 Å². The van der Waals surface area contributed by atoms with E-state index in [4.69, 9.17) is 0 Å². The molecule has 1 aromatic rings. The van der Waals surface area contributed by atoms with Crippen molar-refractivity contribution in [1.82, 2.24) is 0 Å². The van der Waals surface area contributed by atoms with Crippen LogP contribution in [-0.2, 0) is 6.54 Å². The molecule has 2 rings (SSSR count). The summed E-state index contributed by atoms with van der Waals surface area (Å²) < 4.78 is 3.58. The van der Waals surface area contributed by atoms with Gasteiger partial charge in [0.1, 0.15) is 12.6 Å². The van der Waals surface area contributed by atoms with Crippen molar-refractivity contribution in [2.45, 2.75) is 96.6 Å². The Hall–Kier alpha value is 0.320. The number of likely N-dealkylation sites (tertiary alicyclic amines) is 1. The van der Waals surface area contributed by atoms with Gasteiger partial charge in [-0.15, -0.1) is 0 Å². The number of nitrogens with zero attached hydrogens (tertiary/aromatic N) is 2. The van der Waals surface area contributed by atoms with E-state index in [1.165, 1.54) is 95.7 Å². The highest BCUT2D eigenvalue weighted by Gasteiger charge is 2.36. The fraction of sp³-hybridized carbons (Fsp3) is 0.783. The van der Waals surface area contributed by atoms with Gasteiger partial charge in [0.05, 0.1) is 26.2 Å². The monoisotopic (exact) mass is 552 g/mol. The molecule has 1 aliphatic heterocycles. The molecule has 0 saturated carbocycles. The van der Waals surface area contributed by atoms with Gasteiger partial charge in [-0.2, -0.15) is 0 Å². The van der Waals surface area contributed by atoms with Crippen molar-refractivity contribution in [2.75, 3.05) is 20.6 Å². The summed E-state index contributed by atoms with van der Waals surface area (Å²) in [5.74, 6) is 0. The van der Waals surface area contributed by atoms with Crippen molar-refractivity contribution >= 4 is 0 Å². The number of unbranched alkanes of at least 4 members (excludes halogenated alkanes) is 9. The third-order valence-electron chi connectivity index (χ3n) is 6.09. The number of hydrogen-bond acceptors (Lipinski definition) is 0. The van der Waals surface area contributed by atoms with Gasteiger partial charge in [0.2, 0.25) is 0 Å². The van der Waals surface area contributed by atoms with Crippen LogP contribution >= 0.6 is 0 Å². The molecule has 0 N–H and O–H groups in total. The molecule has 0 aliphatic carbocycles. The highest BCUT2D eigenvalue weighted by Crippen LogP contribution is 2.35. The molecule has 2 nitrogen and oxygen atoms in total. The van der Waals surface area contributed by atoms with Crippen molar-refractivity contribution in [3.63, 3.8) is 0 Å². The van der Waals surface area contributed by atoms with Crippen molar-refractivity contribution in [1.29, 1.82) is 0 Å². The molecule has 0 amide bonds. The van der Waals surface area contributed by atoms with Crippen LogP contribution in [0.25, 0.3) is 0 Å². The van der Waals surface area contributed by atoms with Gasteiger partial charge in [-0.3, -0.25) is 0 Å². The summed E-state index contributed by atoms with van der Waals surface area (Å²) in [6.07, 6.45) is 21.5. The second kappa shape index (κ2) is 15.2. The molecule has 0 spiro atoms. The summed E-state index contributed by atoms with van der Waals surface area (Å²) in [5.41, 5.74) is 1.54. The van der Waals surface area contributed by atoms with Gasteiger partial charge in [0.25, 0.3) is 0 Å². The van der Waals surface area contributed by atoms with Crippen molar-refractivity contribution in [3.05, 3.63) is 30.1 Å². The quantitative estimate of drug-likeness (QED) is 0.146. The molecule has 0 bridgehead atoms. The predicted molar refractivity (Wildman–Crippen MR) is 107 cm³/mol. The Balaban J connectivity index is 0.00000338. The third-order valence-corrected chi connectivity index (χ3v) is 6.09. The smallest absolute Gasteiger partial charge is 0.177 e. The van der Waals surface area contributed by atoms with Gasteiger partial charge < -0.3 is 45.4 Å². The Morgan fingerprint density at radius 1 is 0.963 bits per heavy atom. The van der Waals surface area contributed by atoms with Gasteiger partial charge in [-0.1, -0.05) is 58.3 Å². The normalized spacial score (nSPS) is 18.0. The van der Waals surface area contributed by atoms with Crippen LogP contribution < -0.4 is 45.5 Å². The first-order valence-corrected chi connectivity index (χ1v) is 10.9. The van der Waals surface area contributed by atoms with E-state index in [0.717, 1.165) is 4.48 Å². The van der Waals surface area contributed by atoms with Gasteiger partial charge in [-0.25, -0.2) is 4.57 Å². The molecule has 158 valence electrons. The molecule has 0 radical (unpaired) electrons. The van der Waals surface area contributed by atoms with Crippen LogP contribution in [0.2, 0.25) is 0 Å². The third kappa shape index (κ3) is 10.1. The predicted octanol–water partition coefficient (Wildman–Crippen LogP) is -0.186. The highest BCUT2D eigenvalue weighted by molar-refractivity contribution is 5.10. The average molecular weight is 553 g/mol. The van der Waals surface area contributed by atoms with Crippen LogP contribution in [0.1, 0.15) is 95.6 Å². The van der Waals surface area contributed by atoms with Crippen LogP contribution in [0, 0.1) is 0 Å². The molecule has 0 unspecified atom stereocenters. The average Bonchev–Trinajstić information content (AvgIpc) is 2.96. The largest absolute Gasteiger partial charge is 1.00 e. The molecular weight excluding hydrogens is 511 g/mol. The molecule has 1 aliphatic rings. The zero-order valence-electron chi connectivity index (χ0n) is 17.9.